The van der Waals surface area contributed by atoms with Gasteiger partial charge >= 0.3 is 0 Å². The smallest absolute Gasteiger partial charge is 0.232 e. The van der Waals surface area contributed by atoms with E-state index in [0.717, 1.165) is 66.4 Å². The van der Waals surface area contributed by atoms with Gasteiger partial charge in [-0.2, -0.15) is 0 Å². The fourth-order valence-electron chi connectivity index (χ4n) is 4.69. The predicted molar refractivity (Wildman–Crippen MR) is 135 cm³/mol. The van der Waals surface area contributed by atoms with Crippen LogP contribution in [-0.2, 0) is 14.8 Å². The van der Waals surface area contributed by atoms with E-state index in [1.54, 1.807) is 19.3 Å². The Labute approximate surface area is 214 Å². The molecule has 0 radical (unpaired) electrons. The van der Waals surface area contributed by atoms with Crippen molar-refractivity contribution >= 4 is 21.4 Å². The molecule has 2 aliphatic rings. The molecule has 1 aromatic carbocycles. The summed E-state index contributed by atoms with van der Waals surface area (Å²) in [6.07, 6.45) is 5.17. The van der Waals surface area contributed by atoms with Gasteiger partial charge in [0.1, 0.15) is 30.6 Å². The standard InChI is InChI=1S/C24H30F2N7O3S/c1-3-10-37(34,35)29-21-5-4-20(25)24(23(21)26)32-14-22(28-30-32)17-11-18(13-27-12-17)31-6-8-33(2,9-7-31)19-15-36-16-19/h4-5,11-14,19,29H,3,6-10,15-16H2,1-2H3/q+1. The summed E-state index contributed by atoms with van der Waals surface area (Å²) in [6, 6.07) is 4.53. The molecule has 0 saturated carbocycles. The van der Waals surface area contributed by atoms with E-state index in [0.29, 0.717) is 23.7 Å². The molecule has 198 valence electrons. The van der Waals surface area contributed by atoms with E-state index in [1.807, 2.05) is 6.07 Å². The Morgan fingerprint density at radius 1 is 1.19 bits per heavy atom. The molecule has 2 aliphatic heterocycles. The minimum atomic E-state index is -3.76. The molecule has 0 spiro atoms. The Bertz CT molecular complexity index is 1390. The van der Waals surface area contributed by atoms with Crippen LogP contribution in [0.1, 0.15) is 13.3 Å². The lowest BCUT2D eigenvalue weighted by Gasteiger charge is -2.49. The number of aromatic nitrogens is 4. The summed E-state index contributed by atoms with van der Waals surface area (Å²) in [6.45, 7) is 7.09. The first-order valence-corrected chi connectivity index (χ1v) is 13.9. The van der Waals surface area contributed by atoms with Crippen LogP contribution < -0.4 is 9.62 Å². The van der Waals surface area contributed by atoms with Crippen LogP contribution in [0, 0.1) is 11.6 Å². The molecule has 4 heterocycles. The number of benzene rings is 1. The molecule has 3 aromatic rings. The minimum absolute atomic E-state index is 0.180. The van der Waals surface area contributed by atoms with Crippen molar-refractivity contribution in [1.29, 1.82) is 0 Å². The van der Waals surface area contributed by atoms with Crippen molar-refractivity contribution < 1.29 is 26.4 Å². The van der Waals surface area contributed by atoms with Crippen LogP contribution in [0.5, 0.6) is 0 Å². The molecule has 2 aromatic heterocycles. The van der Waals surface area contributed by atoms with E-state index in [4.69, 9.17) is 4.74 Å². The highest BCUT2D eigenvalue weighted by Gasteiger charge is 2.40. The maximum atomic E-state index is 15.2. The fraction of sp³-hybridized carbons (Fsp3) is 0.458. The number of hydrogen-bond donors (Lipinski definition) is 1. The Hall–Kier alpha value is -3.16. The zero-order chi connectivity index (χ0) is 26.2. The zero-order valence-electron chi connectivity index (χ0n) is 20.8. The van der Waals surface area contributed by atoms with E-state index in [1.165, 1.54) is 6.20 Å². The third kappa shape index (κ3) is 5.15. The molecule has 0 aliphatic carbocycles. The van der Waals surface area contributed by atoms with Crippen LogP contribution in [0.25, 0.3) is 16.9 Å². The number of halogens is 2. The average Bonchev–Trinajstić information content (AvgIpc) is 3.30. The maximum Gasteiger partial charge on any atom is 0.232 e. The number of likely N-dealkylation sites (N-methyl/N-ethyl adjacent to an activating group) is 1. The van der Waals surface area contributed by atoms with Crippen LogP contribution in [0.2, 0.25) is 0 Å². The molecule has 0 amide bonds. The van der Waals surface area contributed by atoms with Crippen LogP contribution in [0.15, 0.2) is 36.8 Å². The third-order valence-electron chi connectivity index (χ3n) is 7.18. The highest BCUT2D eigenvalue weighted by atomic mass is 32.2. The molecule has 0 atom stereocenters. The quantitative estimate of drug-likeness (QED) is 0.443. The second-order valence-electron chi connectivity index (χ2n) is 9.76. The number of anilines is 2. The molecule has 2 saturated heterocycles. The van der Waals surface area contributed by atoms with E-state index in [-0.39, 0.29) is 11.4 Å². The molecule has 5 rings (SSSR count). The van der Waals surface area contributed by atoms with Crippen molar-refractivity contribution in [3.8, 4) is 16.9 Å². The van der Waals surface area contributed by atoms with Gasteiger partial charge in [0.15, 0.2) is 11.6 Å². The molecule has 0 bridgehead atoms. The minimum Gasteiger partial charge on any atom is -0.369 e. The van der Waals surface area contributed by atoms with Gasteiger partial charge < -0.3 is 14.1 Å². The van der Waals surface area contributed by atoms with Crippen molar-refractivity contribution in [1.82, 2.24) is 20.0 Å². The Balaban J connectivity index is 1.36. The number of hydrogen-bond acceptors (Lipinski definition) is 7. The molecule has 37 heavy (non-hydrogen) atoms. The summed E-state index contributed by atoms with van der Waals surface area (Å²) in [5.41, 5.74) is 1.10. The van der Waals surface area contributed by atoms with Gasteiger partial charge in [0.25, 0.3) is 0 Å². The third-order valence-corrected chi connectivity index (χ3v) is 8.65. The van der Waals surface area contributed by atoms with E-state index < -0.39 is 27.3 Å². The fourth-order valence-corrected chi connectivity index (χ4v) is 5.82. The number of quaternary nitrogens is 1. The zero-order valence-corrected chi connectivity index (χ0v) is 21.6. The van der Waals surface area contributed by atoms with Gasteiger partial charge in [-0.1, -0.05) is 12.1 Å². The Kier molecular flexibility index (Phi) is 6.86. The highest BCUT2D eigenvalue weighted by molar-refractivity contribution is 7.92. The summed E-state index contributed by atoms with van der Waals surface area (Å²) >= 11 is 0. The largest absolute Gasteiger partial charge is 0.369 e. The van der Waals surface area contributed by atoms with Gasteiger partial charge in [0.05, 0.1) is 62.7 Å². The van der Waals surface area contributed by atoms with Gasteiger partial charge in [0.2, 0.25) is 10.0 Å². The lowest BCUT2D eigenvalue weighted by molar-refractivity contribution is -0.942. The molecule has 1 N–H and O–H groups in total. The van der Waals surface area contributed by atoms with E-state index in [9.17, 15) is 12.8 Å². The van der Waals surface area contributed by atoms with Gasteiger partial charge in [-0.25, -0.2) is 21.9 Å². The Morgan fingerprint density at radius 2 is 1.95 bits per heavy atom. The topological polar surface area (TPSA) is 102 Å². The number of ether oxygens (including phenoxy) is 1. The Morgan fingerprint density at radius 3 is 2.62 bits per heavy atom. The second-order valence-corrected chi connectivity index (χ2v) is 11.6. The first kappa shape index (κ1) is 25.5. The molecule has 10 nitrogen and oxygen atoms in total. The summed E-state index contributed by atoms with van der Waals surface area (Å²) < 4.78 is 63.5. The monoisotopic (exact) mass is 534 g/mol. The van der Waals surface area contributed by atoms with Crippen molar-refractivity contribution in [2.45, 2.75) is 19.4 Å². The van der Waals surface area contributed by atoms with Crippen LogP contribution >= 0.6 is 0 Å². The normalized spacial score (nSPS) is 18.0. The van der Waals surface area contributed by atoms with Crippen molar-refractivity contribution in [2.24, 2.45) is 0 Å². The number of piperazine rings is 1. The van der Waals surface area contributed by atoms with E-state index >= 15 is 4.39 Å². The molecular weight excluding hydrogens is 504 g/mol. The van der Waals surface area contributed by atoms with Gasteiger partial charge in [-0.05, 0) is 24.6 Å². The van der Waals surface area contributed by atoms with Crippen molar-refractivity contribution in [2.75, 3.05) is 61.8 Å². The summed E-state index contributed by atoms with van der Waals surface area (Å²) in [4.78, 5) is 6.62. The number of nitrogens with one attached hydrogen (secondary N) is 1. The molecule has 0 unspecified atom stereocenters. The van der Waals surface area contributed by atoms with Crippen LogP contribution in [0.3, 0.4) is 0 Å². The molecular formula is C24H30F2N7O3S+. The van der Waals surface area contributed by atoms with Crippen molar-refractivity contribution in [3.63, 3.8) is 0 Å². The SMILES string of the molecule is CCCS(=O)(=O)Nc1ccc(F)c(-n2cc(-c3cncc(N4CC[N+](C)(C5COC5)CC4)c3)nn2)c1F. The molecule has 13 heteroatoms. The summed E-state index contributed by atoms with van der Waals surface area (Å²) in [5.74, 6) is -2.15. The van der Waals surface area contributed by atoms with Crippen LogP contribution in [-0.4, -0.2) is 91.1 Å². The highest BCUT2D eigenvalue weighted by Crippen LogP contribution is 2.29. The lowest BCUT2D eigenvalue weighted by Crippen LogP contribution is -2.67. The number of rotatable bonds is 8. The predicted octanol–water partition coefficient (Wildman–Crippen LogP) is 2.42. The first-order chi connectivity index (χ1) is 17.7. The average molecular weight is 535 g/mol. The lowest BCUT2D eigenvalue weighted by atomic mass is 10.1. The van der Waals surface area contributed by atoms with Crippen molar-refractivity contribution in [3.05, 3.63) is 48.4 Å². The second kappa shape index (κ2) is 9.95. The number of pyridine rings is 1. The number of sulfonamides is 1. The molecule has 2 fully saturated rings. The van der Waals surface area contributed by atoms with Gasteiger partial charge in [-0.15, -0.1) is 5.10 Å². The summed E-state index contributed by atoms with van der Waals surface area (Å²) in [7, 11) is -1.48. The van der Waals surface area contributed by atoms with Gasteiger partial charge in [0, 0.05) is 11.8 Å². The summed E-state index contributed by atoms with van der Waals surface area (Å²) in [5, 5.41) is 8.00. The maximum absolute atomic E-state index is 15.2. The van der Waals surface area contributed by atoms with Crippen LogP contribution in [0.4, 0.5) is 20.2 Å². The first-order valence-electron chi connectivity index (χ1n) is 12.2. The van der Waals surface area contributed by atoms with Gasteiger partial charge in [-0.3, -0.25) is 9.71 Å². The van der Waals surface area contributed by atoms with E-state index in [2.05, 4.69) is 32.0 Å². The number of nitrogens with zero attached hydrogens (tertiary/aromatic N) is 6.